The third-order valence-electron chi connectivity index (χ3n) is 4.60. The highest BCUT2D eigenvalue weighted by Gasteiger charge is 2.27. The number of amides is 2. The van der Waals surface area contributed by atoms with Gasteiger partial charge >= 0.3 is 0 Å². The summed E-state index contributed by atoms with van der Waals surface area (Å²) >= 11 is 0. The van der Waals surface area contributed by atoms with Crippen LogP contribution in [0.5, 0.6) is 0 Å². The molecule has 2 amide bonds. The maximum Gasteiger partial charge on any atom is 0.245 e. The predicted molar refractivity (Wildman–Crippen MR) is 80.8 cm³/mol. The van der Waals surface area contributed by atoms with Crippen LogP contribution < -0.4 is 0 Å². The van der Waals surface area contributed by atoms with Crippen molar-refractivity contribution in [2.24, 2.45) is 0 Å². The van der Waals surface area contributed by atoms with Gasteiger partial charge in [0.05, 0.1) is 6.10 Å². The van der Waals surface area contributed by atoms with Gasteiger partial charge in [0.15, 0.2) is 0 Å². The number of carbonyl (C=O) groups is 2. The summed E-state index contributed by atoms with van der Waals surface area (Å²) in [5, 5.41) is 0. The Morgan fingerprint density at radius 1 is 1.33 bits per heavy atom. The van der Waals surface area contributed by atoms with Crippen LogP contribution in [0.25, 0.3) is 0 Å². The van der Waals surface area contributed by atoms with E-state index in [2.05, 4.69) is 6.58 Å². The van der Waals surface area contributed by atoms with Gasteiger partial charge in [-0.3, -0.25) is 9.59 Å². The third kappa shape index (κ3) is 4.30. The summed E-state index contributed by atoms with van der Waals surface area (Å²) in [4.78, 5) is 27.4. The smallest absolute Gasteiger partial charge is 0.245 e. The van der Waals surface area contributed by atoms with Crippen LogP contribution in [0.2, 0.25) is 0 Å². The van der Waals surface area contributed by atoms with Crippen molar-refractivity contribution in [2.45, 2.75) is 50.7 Å². The minimum absolute atomic E-state index is 0.0131. The van der Waals surface area contributed by atoms with Gasteiger partial charge in [0.25, 0.3) is 0 Å². The predicted octanol–water partition coefficient (Wildman–Crippen LogP) is 1.58. The van der Waals surface area contributed by atoms with E-state index in [1.54, 1.807) is 4.90 Å². The van der Waals surface area contributed by atoms with Crippen LogP contribution in [0.15, 0.2) is 12.7 Å². The van der Waals surface area contributed by atoms with E-state index in [4.69, 9.17) is 4.74 Å². The van der Waals surface area contributed by atoms with Crippen LogP contribution >= 0.6 is 0 Å². The molecular formula is C16H26N2O3. The second kappa shape index (κ2) is 7.59. The van der Waals surface area contributed by atoms with Crippen molar-refractivity contribution in [3.05, 3.63) is 12.7 Å². The molecule has 5 heteroatoms. The van der Waals surface area contributed by atoms with Crippen molar-refractivity contribution in [2.75, 3.05) is 26.7 Å². The van der Waals surface area contributed by atoms with Gasteiger partial charge in [-0.25, -0.2) is 0 Å². The summed E-state index contributed by atoms with van der Waals surface area (Å²) in [5.74, 6) is 0.180. The Kier molecular flexibility index (Phi) is 5.79. The van der Waals surface area contributed by atoms with Crippen LogP contribution in [0.1, 0.15) is 38.5 Å². The topological polar surface area (TPSA) is 49.9 Å². The van der Waals surface area contributed by atoms with E-state index >= 15 is 0 Å². The summed E-state index contributed by atoms with van der Waals surface area (Å²) in [6, 6.07) is 0.246. The van der Waals surface area contributed by atoms with E-state index in [9.17, 15) is 9.59 Å². The van der Waals surface area contributed by atoms with Crippen molar-refractivity contribution in [1.29, 1.82) is 0 Å². The van der Waals surface area contributed by atoms with Crippen LogP contribution in [0.4, 0.5) is 0 Å². The lowest BCUT2D eigenvalue weighted by molar-refractivity contribution is -0.134. The summed E-state index contributed by atoms with van der Waals surface area (Å²) < 4.78 is 5.56. The molecule has 1 atom stereocenters. The minimum atomic E-state index is -0.0131. The Morgan fingerprint density at radius 3 is 2.62 bits per heavy atom. The first kappa shape index (κ1) is 16.0. The van der Waals surface area contributed by atoms with Gasteiger partial charge in [-0.2, -0.15) is 0 Å². The molecule has 0 aromatic rings. The quantitative estimate of drug-likeness (QED) is 0.723. The summed E-state index contributed by atoms with van der Waals surface area (Å²) in [7, 11) is 1.88. The molecule has 0 N–H and O–H groups in total. The Labute approximate surface area is 126 Å². The molecule has 2 heterocycles. The first-order chi connectivity index (χ1) is 10.1. The Balaban J connectivity index is 1.72. The summed E-state index contributed by atoms with van der Waals surface area (Å²) in [6.07, 6.45) is 6.92. The highest BCUT2D eigenvalue weighted by atomic mass is 16.5. The number of carbonyl (C=O) groups excluding carboxylic acids is 2. The molecular weight excluding hydrogens is 268 g/mol. The molecule has 118 valence electrons. The molecule has 2 rings (SSSR count). The molecule has 0 spiro atoms. The van der Waals surface area contributed by atoms with Gasteiger partial charge in [-0.05, 0) is 38.2 Å². The molecule has 0 unspecified atom stereocenters. The monoisotopic (exact) mass is 294 g/mol. The van der Waals surface area contributed by atoms with Crippen molar-refractivity contribution < 1.29 is 14.3 Å². The first-order valence-corrected chi connectivity index (χ1v) is 7.90. The molecule has 5 nitrogen and oxygen atoms in total. The van der Waals surface area contributed by atoms with Crippen molar-refractivity contribution in [3.63, 3.8) is 0 Å². The lowest BCUT2D eigenvalue weighted by Gasteiger charge is -2.36. The maximum atomic E-state index is 12.2. The third-order valence-corrected chi connectivity index (χ3v) is 4.60. The molecule has 21 heavy (non-hydrogen) atoms. The van der Waals surface area contributed by atoms with E-state index in [1.807, 2.05) is 11.9 Å². The maximum absolute atomic E-state index is 12.2. The second-order valence-electron chi connectivity index (χ2n) is 5.94. The zero-order valence-electron chi connectivity index (χ0n) is 12.9. The molecule has 0 bridgehead atoms. The van der Waals surface area contributed by atoms with Gasteiger partial charge in [0.1, 0.15) is 0 Å². The van der Waals surface area contributed by atoms with E-state index in [-0.39, 0.29) is 24.0 Å². The molecule has 2 fully saturated rings. The number of hydrogen-bond acceptors (Lipinski definition) is 3. The fraction of sp³-hybridized carbons (Fsp3) is 0.750. The number of ether oxygens (including phenoxy) is 1. The zero-order valence-corrected chi connectivity index (χ0v) is 12.9. The molecule has 0 radical (unpaired) electrons. The highest BCUT2D eigenvalue weighted by Crippen LogP contribution is 2.20. The minimum Gasteiger partial charge on any atom is -0.378 e. The SMILES string of the molecule is C=CC(=O)N1CCC(N(C)C(=O)CC[C@@H]2CCCO2)CC1. The average molecular weight is 294 g/mol. The summed E-state index contributed by atoms with van der Waals surface area (Å²) in [6.45, 7) is 5.76. The van der Waals surface area contributed by atoms with E-state index in [0.717, 1.165) is 38.7 Å². The van der Waals surface area contributed by atoms with Crippen molar-refractivity contribution >= 4 is 11.8 Å². The number of nitrogens with zero attached hydrogens (tertiary/aromatic N) is 2. The van der Waals surface area contributed by atoms with Crippen LogP contribution in [-0.4, -0.2) is 60.5 Å². The van der Waals surface area contributed by atoms with E-state index in [1.165, 1.54) is 6.08 Å². The van der Waals surface area contributed by atoms with Crippen molar-refractivity contribution in [3.8, 4) is 0 Å². The van der Waals surface area contributed by atoms with Gasteiger partial charge < -0.3 is 14.5 Å². The van der Waals surface area contributed by atoms with Crippen molar-refractivity contribution in [1.82, 2.24) is 9.80 Å². The first-order valence-electron chi connectivity index (χ1n) is 7.90. The molecule has 0 aromatic carbocycles. The lowest BCUT2D eigenvalue weighted by Crippen LogP contribution is -2.47. The Hall–Kier alpha value is -1.36. The molecule has 0 aliphatic carbocycles. The van der Waals surface area contributed by atoms with Gasteiger partial charge in [0, 0.05) is 39.2 Å². The molecule has 2 aliphatic rings. The Morgan fingerprint density at radius 2 is 2.05 bits per heavy atom. The van der Waals surface area contributed by atoms with Crippen LogP contribution in [-0.2, 0) is 14.3 Å². The second-order valence-corrected chi connectivity index (χ2v) is 5.94. The fourth-order valence-corrected chi connectivity index (χ4v) is 3.14. The molecule has 2 saturated heterocycles. The molecule has 2 aliphatic heterocycles. The zero-order chi connectivity index (χ0) is 15.2. The number of piperidine rings is 1. The number of likely N-dealkylation sites (tertiary alicyclic amines) is 1. The van der Waals surface area contributed by atoms with Gasteiger partial charge in [0.2, 0.25) is 11.8 Å². The standard InChI is InChI=1S/C16H26N2O3/c1-3-15(19)18-10-8-13(9-11-18)17(2)16(20)7-6-14-5-4-12-21-14/h3,13-14H,1,4-12H2,2H3/t14-/m0/s1. The van der Waals surface area contributed by atoms with Gasteiger partial charge in [-0.1, -0.05) is 6.58 Å². The number of rotatable bonds is 5. The lowest BCUT2D eigenvalue weighted by atomic mass is 10.0. The van der Waals surface area contributed by atoms with E-state index < -0.39 is 0 Å². The normalized spacial score (nSPS) is 23.1. The molecule has 0 aromatic heterocycles. The largest absolute Gasteiger partial charge is 0.378 e. The van der Waals surface area contributed by atoms with Crippen LogP contribution in [0, 0.1) is 0 Å². The summed E-state index contributed by atoms with van der Waals surface area (Å²) in [5.41, 5.74) is 0. The van der Waals surface area contributed by atoms with Gasteiger partial charge in [-0.15, -0.1) is 0 Å². The van der Waals surface area contributed by atoms with E-state index in [0.29, 0.717) is 19.5 Å². The number of hydrogen-bond donors (Lipinski definition) is 0. The van der Waals surface area contributed by atoms with Crippen LogP contribution in [0.3, 0.4) is 0 Å². The average Bonchev–Trinajstić information content (AvgIpc) is 3.04. The molecule has 0 saturated carbocycles. The Bertz CT molecular complexity index is 383. The highest BCUT2D eigenvalue weighted by molar-refractivity contribution is 5.87. The fourth-order valence-electron chi connectivity index (χ4n) is 3.14.